The summed E-state index contributed by atoms with van der Waals surface area (Å²) in [6.07, 6.45) is 0. The number of rotatable bonds is 7. The molecule has 162 valence electrons. The van der Waals surface area contributed by atoms with Gasteiger partial charge in [0.1, 0.15) is 6.61 Å². The van der Waals surface area contributed by atoms with Crippen LogP contribution in [0.25, 0.3) is 10.8 Å². The van der Waals surface area contributed by atoms with E-state index in [1.165, 1.54) is 5.56 Å². The first-order valence-electron chi connectivity index (χ1n) is 10.4. The Morgan fingerprint density at radius 3 is 2.50 bits per heavy atom. The molecule has 0 saturated carbocycles. The number of carbonyl (C=O) groups excluding carboxylic acids is 1. The van der Waals surface area contributed by atoms with Gasteiger partial charge in [-0.05, 0) is 56.9 Å². The van der Waals surface area contributed by atoms with E-state index < -0.39 is 0 Å². The summed E-state index contributed by atoms with van der Waals surface area (Å²) in [5.74, 6) is 0.891. The van der Waals surface area contributed by atoms with Crippen LogP contribution in [0.1, 0.15) is 27.0 Å². The highest BCUT2D eigenvalue weighted by Gasteiger charge is 2.16. The Morgan fingerprint density at radius 1 is 0.969 bits per heavy atom. The Labute approximate surface area is 196 Å². The third kappa shape index (κ3) is 4.94. The van der Waals surface area contributed by atoms with Gasteiger partial charge in [-0.2, -0.15) is 0 Å². The molecule has 0 spiro atoms. The van der Waals surface area contributed by atoms with Crippen molar-refractivity contribution in [3.8, 4) is 11.5 Å². The number of halogens is 1. The van der Waals surface area contributed by atoms with Crippen molar-refractivity contribution in [2.75, 3.05) is 7.11 Å². The van der Waals surface area contributed by atoms with Crippen LogP contribution in [0.5, 0.6) is 11.5 Å². The molecule has 0 aliphatic rings. The third-order valence-electron chi connectivity index (χ3n) is 5.31. The van der Waals surface area contributed by atoms with E-state index in [9.17, 15) is 4.79 Å². The van der Waals surface area contributed by atoms with E-state index in [1.807, 2.05) is 55.5 Å². The highest BCUT2D eigenvalue weighted by Crippen LogP contribution is 2.37. The number of benzene rings is 4. The van der Waals surface area contributed by atoms with Crippen molar-refractivity contribution in [3.63, 3.8) is 0 Å². The summed E-state index contributed by atoms with van der Waals surface area (Å²) in [4.78, 5) is 12.9. The minimum Gasteiger partial charge on any atom is -0.493 e. The van der Waals surface area contributed by atoms with Gasteiger partial charge in [-0.15, -0.1) is 0 Å². The van der Waals surface area contributed by atoms with Crippen LogP contribution in [0.3, 0.4) is 0 Å². The maximum atomic E-state index is 12.9. The van der Waals surface area contributed by atoms with Gasteiger partial charge >= 0.3 is 0 Å². The van der Waals surface area contributed by atoms with Gasteiger partial charge in [0.25, 0.3) is 5.91 Å². The minimum atomic E-state index is -0.179. The van der Waals surface area contributed by atoms with E-state index >= 15 is 0 Å². The summed E-state index contributed by atoms with van der Waals surface area (Å²) in [6.45, 7) is 2.89. The first-order valence-corrected chi connectivity index (χ1v) is 11.1. The van der Waals surface area contributed by atoms with Crippen molar-refractivity contribution in [2.24, 2.45) is 0 Å². The molecule has 0 aliphatic carbocycles. The topological polar surface area (TPSA) is 47.6 Å². The van der Waals surface area contributed by atoms with Crippen molar-refractivity contribution >= 4 is 32.6 Å². The van der Waals surface area contributed by atoms with Crippen molar-refractivity contribution in [2.45, 2.75) is 20.1 Å². The van der Waals surface area contributed by atoms with Gasteiger partial charge in [0.15, 0.2) is 11.5 Å². The minimum absolute atomic E-state index is 0.179. The summed E-state index contributed by atoms with van der Waals surface area (Å²) in [6, 6.07) is 25.9. The van der Waals surface area contributed by atoms with Crippen LogP contribution in [0.4, 0.5) is 0 Å². The summed E-state index contributed by atoms with van der Waals surface area (Å²) in [5, 5.41) is 5.30. The SMILES string of the molecule is COc1cc(C(=O)NCc2cccc3ccccc23)cc(Br)c1OCc1ccc(C)cc1. The zero-order valence-corrected chi connectivity index (χ0v) is 19.6. The second-order valence-electron chi connectivity index (χ2n) is 7.58. The average molecular weight is 490 g/mol. The molecule has 4 rings (SSSR count). The lowest BCUT2D eigenvalue weighted by Gasteiger charge is -2.15. The smallest absolute Gasteiger partial charge is 0.251 e. The molecular formula is C27H24BrNO3. The quantitative estimate of drug-likeness (QED) is 0.325. The average Bonchev–Trinajstić information content (AvgIpc) is 2.82. The van der Waals surface area contributed by atoms with Crippen molar-refractivity contribution in [1.29, 1.82) is 0 Å². The highest BCUT2D eigenvalue weighted by atomic mass is 79.9. The maximum Gasteiger partial charge on any atom is 0.251 e. The fourth-order valence-electron chi connectivity index (χ4n) is 3.56. The van der Waals surface area contributed by atoms with Crippen LogP contribution < -0.4 is 14.8 Å². The lowest BCUT2D eigenvalue weighted by atomic mass is 10.0. The summed E-state index contributed by atoms with van der Waals surface area (Å²) < 4.78 is 12.2. The number of fused-ring (bicyclic) bond motifs is 1. The molecular weight excluding hydrogens is 466 g/mol. The van der Waals surface area contributed by atoms with Gasteiger partial charge in [0.05, 0.1) is 11.6 Å². The van der Waals surface area contributed by atoms with E-state index in [2.05, 4.69) is 39.4 Å². The van der Waals surface area contributed by atoms with E-state index in [0.29, 0.717) is 34.7 Å². The number of carbonyl (C=O) groups is 1. The molecule has 0 atom stereocenters. The zero-order valence-electron chi connectivity index (χ0n) is 18.0. The molecule has 4 aromatic carbocycles. The molecule has 0 saturated heterocycles. The molecule has 4 nitrogen and oxygen atoms in total. The number of nitrogens with one attached hydrogen (secondary N) is 1. The predicted molar refractivity (Wildman–Crippen MR) is 131 cm³/mol. The number of ether oxygens (including phenoxy) is 2. The predicted octanol–water partition coefficient (Wildman–Crippen LogP) is 6.43. The molecule has 0 unspecified atom stereocenters. The third-order valence-corrected chi connectivity index (χ3v) is 5.90. The lowest BCUT2D eigenvalue weighted by Crippen LogP contribution is -2.23. The molecule has 32 heavy (non-hydrogen) atoms. The first kappa shape index (κ1) is 21.9. The normalized spacial score (nSPS) is 10.7. The Morgan fingerprint density at radius 2 is 1.72 bits per heavy atom. The number of methoxy groups -OCH3 is 1. The van der Waals surface area contributed by atoms with Crippen LogP contribution in [0.2, 0.25) is 0 Å². The summed E-state index contributed by atoms with van der Waals surface area (Å²) in [7, 11) is 1.57. The summed E-state index contributed by atoms with van der Waals surface area (Å²) >= 11 is 3.54. The van der Waals surface area contributed by atoms with Crippen LogP contribution in [0.15, 0.2) is 83.3 Å². The monoisotopic (exact) mass is 489 g/mol. The Bertz CT molecular complexity index is 1250. The molecule has 0 radical (unpaired) electrons. The Kier molecular flexibility index (Phi) is 6.76. The standard InChI is InChI=1S/C27H24BrNO3/c1-18-10-12-19(13-11-18)17-32-26-24(28)14-22(15-25(26)31-2)27(30)29-16-21-8-5-7-20-6-3-4-9-23(20)21/h3-15H,16-17H2,1-2H3,(H,29,30). The van der Waals surface area contributed by atoms with Gasteiger partial charge < -0.3 is 14.8 Å². The largest absolute Gasteiger partial charge is 0.493 e. The van der Waals surface area contributed by atoms with Crippen molar-refractivity contribution in [3.05, 3.63) is 106 Å². The van der Waals surface area contributed by atoms with E-state index in [0.717, 1.165) is 21.9 Å². The highest BCUT2D eigenvalue weighted by molar-refractivity contribution is 9.10. The molecule has 4 aromatic rings. The van der Waals surface area contributed by atoms with Crippen LogP contribution >= 0.6 is 15.9 Å². The van der Waals surface area contributed by atoms with Crippen LogP contribution in [-0.2, 0) is 13.2 Å². The number of hydrogen-bond donors (Lipinski definition) is 1. The molecule has 1 amide bonds. The fourth-order valence-corrected chi connectivity index (χ4v) is 4.11. The maximum absolute atomic E-state index is 12.9. The van der Waals surface area contributed by atoms with Gasteiger partial charge in [0, 0.05) is 12.1 Å². The van der Waals surface area contributed by atoms with Crippen LogP contribution in [-0.4, -0.2) is 13.0 Å². The van der Waals surface area contributed by atoms with Gasteiger partial charge in [-0.25, -0.2) is 0 Å². The van der Waals surface area contributed by atoms with Gasteiger partial charge in [-0.1, -0.05) is 72.3 Å². The van der Waals surface area contributed by atoms with E-state index in [4.69, 9.17) is 9.47 Å². The number of hydrogen-bond acceptors (Lipinski definition) is 3. The molecule has 0 aliphatic heterocycles. The summed E-state index contributed by atoms with van der Waals surface area (Å²) in [5.41, 5.74) is 3.82. The van der Waals surface area contributed by atoms with Gasteiger partial charge in [-0.3, -0.25) is 4.79 Å². The molecule has 0 bridgehead atoms. The Hall–Kier alpha value is -3.31. The van der Waals surface area contributed by atoms with Crippen LogP contribution in [0, 0.1) is 6.92 Å². The zero-order chi connectivity index (χ0) is 22.5. The first-order chi connectivity index (χ1) is 15.5. The molecule has 0 aromatic heterocycles. The molecule has 1 N–H and O–H groups in total. The molecule has 0 heterocycles. The molecule has 0 fully saturated rings. The van der Waals surface area contributed by atoms with E-state index in [-0.39, 0.29) is 5.91 Å². The van der Waals surface area contributed by atoms with Crippen molar-refractivity contribution < 1.29 is 14.3 Å². The number of aryl methyl sites for hydroxylation is 1. The Balaban J connectivity index is 1.48. The number of amides is 1. The lowest BCUT2D eigenvalue weighted by molar-refractivity contribution is 0.0950. The van der Waals surface area contributed by atoms with Crippen molar-refractivity contribution in [1.82, 2.24) is 5.32 Å². The second kappa shape index (κ2) is 9.88. The van der Waals surface area contributed by atoms with E-state index in [1.54, 1.807) is 19.2 Å². The second-order valence-corrected chi connectivity index (χ2v) is 8.44. The fraction of sp³-hybridized carbons (Fsp3) is 0.148. The molecule has 5 heteroatoms. The van der Waals surface area contributed by atoms with Gasteiger partial charge in [0.2, 0.25) is 0 Å².